The van der Waals surface area contributed by atoms with Crippen LogP contribution in [-0.2, 0) is 20.1 Å². The second-order valence-electron chi connectivity index (χ2n) is 14.7. The molecule has 0 spiro atoms. The zero-order chi connectivity index (χ0) is 41.0. The predicted octanol–water partition coefficient (Wildman–Crippen LogP) is 15.0. The van der Waals surface area contributed by atoms with Crippen LogP contribution < -0.4 is 0 Å². The van der Waals surface area contributed by atoms with E-state index >= 15 is 0 Å². The van der Waals surface area contributed by atoms with Crippen molar-refractivity contribution in [3.05, 3.63) is 235 Å². The van der Waals surface area contributed by atoms with Crippen LogP contribution in [0.2, 0.25) is 0 Å². The molecule has 0 fully saturated rings. The standard InChI is InChI=1S/C57H35BrN3.Ir/c58-54-38-43(57-21-9-12-34-61-57)30-31-53(54)52-18-6-5-17-51(52)46-36-44(49-15-3-1-13-47(49)39-22-26-41(27-23-39)55-19-7-10-32-59-55)35-45(37-46)50-16-4-2-14-48(50)40-24-28-42(29-25-40)56-20-8-11-33-60-56;/h1-26,28,31-38H;/q-3;+3. The van der Waals surface area contributed by atoms with Crippen molar-refractivity contribution in [2.24, 2.45) is 0 Å². The van der Waals surface area contributed by atoms with Gasteiger partial charge in [-0.3, -0.25) is 0 Å². The molecule has 0 atom stereocenters. The van der Waals surface area contributed by atoms with Crippen LogP contribution in [0.3, 0.4) is 0 Å². The molecule has 0 aliphatic heterocycles. The molecule has 0 aliphatic carbocycles. The Hall–Kier alpha value is -6.88. The summed E-state index contributed by atoms with van der Waals surface area (Å²) >= 11 is 3.94. The van der Waals surface area contributed by atoms with E-state index in [1.807, 2.05) is 73.2 Å². The van der Waals surface area contributed by atoms with Gasteiger partial charge >= 0.3 is 20.1 Å². The molecule has 0 aliphatic rings. The quantitative estimate of drug-likeness (QED) is 0.135. The summed E-state index contributed by atoms with van der Waals surface area (Å²) < 4.78 is 0.974. The number of nitrogens with zero attached hydrogens (tertiary/aromatic N) is 3. The van der Waals surface area contributed by atoms with Gasteiger partial charge < -0.3 is 15.0 Å². The fourth-order valence-electron chi connectivity index (χ4n) is 7.93. The Morgan fingerprint density at radius 1 is 0.306 bits per heavy atom. The smallest absolute Gasteiger partial charge is 0.305 e. The Labute approximate surface area is 384 Å². The third-order valence-electron chi connectivity index (χ3n) is 10.9. The molecule has 0 saturated heterocycles. The van der Waals surface area contributed by atoms with Gasteiger partial charge in [0.15, 0.2) is 0 Å². The van der Waals surface area contributed by atoms with Gasteiger partial charge in [0.05, 0.1) is 0 Å². The van der Waals surface area contributed by atoms with Crippen LogP contribution in [0, 0.1) is 18.2 Å². The Balaban J connectivity index is 0.00000490. The third-order valence-corrected chi connectivity index (χ3v) is 11.6. The summed E-state index contributed by atoms with van der Waals surface area (Å²) in [6, 6.07) is 78.1. The topological polar surface area (TPSA) is 38.7 Å². The molecule has 0 unspecified atom stereocenters. The molecular weight excluding hydrogens is 999 g/mol. The van der Waals surface area contributed by atoms with Crippen molar-refractivity contribution in [2.45, 2.75) is 0 Å². The summed E-state index contributed by atoms with van der Waals surface area (Å²) in [6.45, 7) is 0. The van der Waals surface area contributed by atoms with E-state index in [2.05, 4.69) is 189 Å². The van der Waals surface area contributed by atoms with E-state index in [0.29, 0.717) is 0 Å². The van der Waals surface area contributed by atoms with Crippen LogP contribution in [0.15, 0.2) is 217 Å². The Morgan fingerprint density at radius 2 is 0.661 bits per heavy atom. The van der Waals surface area contributed by atoms with Crippen molar-refractivity contribution < 1.29 is 20.1 Å². The minimum absolute atomic E-state index is 0. The van der Waals surface area contributed by atoms with Gasteiger partial charge in [0.25, 0.3) is 0 Å². The van der Waals surface area contributed by atoms with Gasteiger partial charge in [0, 0.05) is 18.6 Å². The Kier molecular flexibility index (Phi) is 12.0. The zero-order valence-corrected chi connectivity index (χ0v) is 37.2. The normalized spacial score (nSPS) is 10.9. The molecule has 3 heterocycles. The van der Waals surface area contributed by atoms with Crippen LogP contribution in [0.25, 0.3) is 101 Å². The molecule has 0 bridgehead atoms. The van der Waals surface area contributed by atoms with Crippen molar-refractivity contribution in [2.75, 3.05) is 0 Å². The molecule has 10 aromatic rings. The van der Waals surface area contributed by atoms with Gasteiger partial charge in [-0.2, -0.15) is 0 Å². The Morgan fingerprint density at radius 3 is 1.03 bits per heavy atom. The van der Waals surface area contributed by atoms with E-state index in [-0.39, 0.29) is 20.1 Å². The summed E-state index contributed by atoms with van der Waals surface area (Å²) in [7, 11) is 0. The first kappa shape index (κ1) is 40.5. The van der Waals surface area contributed by atoms with Gasteiger partial charge in [0.1, 0.15) is 0 Å². The first-order valence-corrected chi connectivity index (χ1v) is 20.9. The van der Waals surface area contributed by atoms with Crippen LogP contribution in [0.4, 0.5) is 0 Å². The second kappa shape index (κ2) is 18.4. The first-order valence-electron chi connectivity index (χ1n) is 20.1. The molecule has 62 heavy (non-hydrogen) atoms. The van der Waals surface area contributed by atoms with Crippen molar-refractivity contribution in [1.29, 1.82) is 0 Å². The predicted molar refractivity (Wildman–Crippen MR) is 253 cm³/mol. The van der Waals surface area contributed by atoms with E-state index < -0.39 is 0 Å². The molecule has 10 rings (SSSR count). The monoisotopic (exact) mass is 1030 g/mol. The summed E-state index contributed by atoms with van der Waals surface area (Å²) in [6.07, 6.45) is 5.44. The largest absolute Gasteiger partial charge is 3.00 e. The number of benzene rings is 7. The maximum atomic E-state index is 4.57. The molecule has 3 nitrogen and oxygen atoms in total. The van der Waals surface area contributed by atoms with Crippen LogP contribution in [0.1, 0.15) is 0 Å². The average Bonchev–Trinajstić information content (AvgIpc) is 3.35. The van der Waals surface area contributed by atoms with Gasteiger partial charge in [-0.25, -0.2) is 0 Å². The van der Waals surface area contributed by atoms with Crippen LogP contribution >= 0.6 is 15.9 Å². The minimum atomic E-state index is 0. The van der Waals surface area contributed by atoms with Gasteiger partial charge in [0.2, 0.25) is 0 Å². The molecule has 0 radical (unpaired) electrons. The molecule has 3 aromatic heterocycles. The van der Waals surface area contributed by atoms with Crippen LogP contribution in [-0.4, -0.2) is 15.0 Å². The van der Waals surface area contributed by atoms with Gasteiger partial charge in [-0.05, 0) is 86.9 Å². The van der Waals surface area contributed by atoms with E-state index in [1.165, 1.54) is 0 Å². The zero-order valence-electron chi connectivity index (χ0n) is 33.3. The van der Waals surface area contributed by atoms with E-state index in [9.17, 15) is 0 Å². The summed E-state index contributed by atoms with van der Waals surface area (Å²) in [5, 5.41) is 0. The molecule has 0 N–H and O–H groups in total. The van der Waals surface area contributed by atoms with Gasteiger partial charge in [-0.1, -0.05) is 163 Å². The number of rotatable bonds is 9. The SMILES string of the molecule is Brc1cc(-c2ccccn2)[c-]cc1-c1ccccc1-c1cc(-c2ccccc2-c2c[c-]c(-c3ccccn3)cc2)cc(-c2ccccc2-c2c[c-]c(-c3ccccn3)cc2)c1.[Ir+3]. The molecule has 294 valence electrons. The van der Waals surface area contributed by atoms with E-state index in [1.54, 1.807) is 0 Å². The molecule has 0 amide bonds. The second-order valence-corrected chi connectivity index (χ2v) is 15.5. The number of hydrogen-bond acceptors (Lipinski definition) is 3. The minimum Gasteiger partial charge on any atom is -0.305 e. The van der Waals surface area contributed by atoms with Crippen molar-refractivity contribution in [3.63, 3.8) is 0 Å². The average molecular weight is 1030 g/mol. The van der Waals surface area contributed by atoms with Gasteiger partial charge in [-0.15, -0.1) is 83.4 Å². The van der Waals surface area contributed by atoms with Crippen LogP contribution in [0.5, 0.6) is 0 Å². The van der Waals surface area contributed by atoms with Crippen molar-refractivity contribution in [3.8, 4) is 101 Å². The molecule has 7 aromatic carbocycles. The summed E-state index contributed by atoms with van der Waals surface area (Å²) in [4.78, 5) is 13.7. The fourth-order valence-corrected chi connectivity index (χ4v) is 8.48. The maximum absolute atomic E-state index is 4.57. The third kappa shape index (κ3) is 8.39. The van der Waals surface area contributed by atoms with E-state index in [4.69, 9.17) is 0 Å². The summed E-state index contributed by atoms with van der Waals surface area (Å²) in [5.74, 6) is 0. The molecule has 5 heteroatoms. The Bertz CT molecular complexity index is 2970. The number of pyridine rings is 3. The van der Waals surface area contributed by atoms with E-state index in [0.717, 1.165) is 105 Å². The van der Waals surface area contributed by atoms with Crippen molar-refractivity contribution >= 4 is 15.9 Å². The molecular formula is C57H35BrIrN3. The molecule has 0 saturated carbocycles. The summed E-state index contributed by atoms with van der Waals surface area (Å²) in [5.41, 5.74) is 18.8. The fraction of sp³-hybridized carbons (Fsp3) is 0. The van der Waals surface area contributed by atoms with Crippen molar-refractivity contribution in [1.82, 2.24) is 15.0 Å². The first-order chi connectivity index (χ1) is 30.2. The maximum Gasteiger partial charge on any atom is 3.00 e. The number of halogens is 1. The number of aromatic nitrogens is 3. The number of hydrogen-bond donors (Lipinski definition) is 0.